The van der Waals surface area contributed by atoms with E-state index in [9.17, 15) is 18.1 Å². The standard InChI is InChI=1S/C8H5F3N4O/c9-8(10,11)3-1-4-6(5(2-3)15-16)7(12)14-13-4/h1-2H,(H3,12,13,14). The number of alkyl halides is 3. The first kappa shape index (κ1) is 10.4. The van der Waals surface area contributed by atoms with E-state index in [-0.39, 0.29) is 22.4 Å². The minimum absolute atomic E-state index is 0.0296. The van der Waals surface area contributed by atoms with Crippen molar-refractivity contribution in [2.75, 3.05) is 5.73 Å². The summed E-state index contributed by atoms with van der Waals surface area (Å²) in [4.78, 5) is 10.4. The zero-order valence-electron chi connectivity index (χ0n) is 7.67. The van der Waals surface area contributed by atoms with Crippen LogP contribution in [0.4, 0.5) is 24.7 Å². The number of nitrogen functional groups attached to an aromatic ring is 1. The van der Waals surface area contributed by atoms with Gasteiger partial charge in [0.05, 0.1) is 16.5 Å². The molecule has 0 aliphatic carbocycles. The number of nitrogens with two attached hydrogens (primary N) is 1. The molecule has 0 fully saturated rings. The number of aromatic nitrogens is 2. The molecular weight excluding hydrogens is 225 g/mol. The topological polar surface area (TPSA) is 84.1 Å². The van der Waals surface area contributed by atoms with Gasteiger partial charge in [0.25, 0.3) is 0 Å². The van der Waals surface area contributed by atoms with Crippen molar-refractivity contribution in [1.29, 1.82) is 0 Å². The molecule has 0 saturated carbocycles. The third-order valence-electron chi connectivity index (χ3n) is 2.10. The molecule has 84 valence electrons. The zero-order chi connectivity index (χ0) is 11.9. The second-order valence-electron chi connectivity index (χ2n) is 3.12. The molecule has 2 rings (SSSR count). The van der Waals surface area contributed by atoms with Gasteiger partial charge >= 0.3 is 6.18 Å². The van der Waals surface area contributed by atoms with Gasteiger partial charge in [-0.2, -0.15) is 18.3 Å². The summed E-state index contributed by atoms with van der Waals surface area (Å²) in [5.41, 5.74) is 4.07. The molecule has 3 N–H and O–H groups in total. The molecule has 0 unspecified atom stereocenters. The van der Waals surface area contributed by atoms with E-state index in [4.69, 9.17) is 5.73 Å². The molecule has 0 amide bonds. The average molecular weight is 230 g/mol. The predicted molar refractivity (Wildman–Crippen MR) is 51.0 cm³/mol. The van der Waals surface area contributed by atoms with Crippen molar-refractivity contribution >= 4 is 22.4 Å². The van der Waals surface area contributed by atoms with E-state index in [1.807, 2.05) is 0 Å². The maximum Gasteiger partial charge on any atom is 0.416 e. The molecule has 1 aromatic carbocycles. The fourth-order valence-electron chi connectivity index (χ4n) is 1.40. The van der Waals surface area contributed by atoms with Crippen molar-refractivity contribution < 1.29 is 13.2 Å². The number of anilines is 1. The van der Waals surface area contributed by atoms with Crippen LogP contribution >= 0.6 is 0 Å². The normalized spacial score (nSPS) is 11.9. The smallest absolute Gasteiger partial charge is 0.382 e. The second kappa shape index (κ2) is 3.19. The molecule has 0 bridgehead atoms. The summed E-state index contributed by atoms with van der Waals surface area (Å²) in [6.45, 7) is 0. The van der Waals surface area contributed by atoms with Crippen LogP contribution in [0.3, 0.4) is 0 Å². The molecule has 0 atom stereocenters. The van der Waals surface area contributed by atoms with E-state index in [0.717, 1.165) is 6.07 Å². The van der Waals surface area contributed by atoms with Gasteiger partial charge in [0.2, 0.25) is 0 Å². The Hall–Kier alpha value is -2.12. The van der Waals surface area contributed by atoms with Gasteiger partial charge in [-0.05, 0) is 17.3 Å². The van der Waals surface area contributed by atoms with Crippen molar-refractivity contribution in [3.8, 4) is 0 Å². The lowest BCUT2D eigenvalue weighted by Gasteiger charge is -2.06. The number of benzene rings is 1. The van der Waals surface area contributed by atoms with Gasteiger partial charge in [0.1, 0.15) is 5.69 Å². The van der Waals surface area contributed by atoms with E-state index in [2.05, 4.69) is 15.4 Å². The highest BCUT2D eigenvalue weighted by atomic mass is 19.4. The molecule has 1 aromatic heterocycles. The molecule has 0 saturated heterocycles. The quantitative estimate of drug-likeness (QED) is 0.738. The first-order valence-corrected chi connectivity index (χ1v) is 4.11. The maximum absolute atomic E-state index is 12.4. The first-order valence-electron chi connectivity index (χ1n) is 4.11. The summed E-state index contributed by atoms with van der Waals surface area (Å²) in [6.07, 6.45) is -4.55. The zero-order valence-corrected chi connectivity index (χ0v) is 7.67. The Kier molecular flexibility index (Phi) is 2.07. The van der Waals surface area contributed by atoms with Crippen molar-refractivity contribution in [3.05, 3.63) is 22.6 Å². The number of H-pyrrole nitrogens is 1. The van der Waals surface area contributed by atoms with Crippen LogP contribution in [-0.4, -0.2) is 10.2 Å². The summed E-state index contributed by atoms with van der Waals surface area (Å²) in [5, 5.41) is 8.43. The summed E-state index contributed by atoms with van der Waals surface area (Å²) in [6, 6.07) is 1.47. The lowest BCUT2D eigenvalue weighted by molar-refractivity contribution is -0.137. The number of nitrogens with one attached hydrogen (secondary N) is 1. The van der Waals surface area contributed by atoms with E-state index in [1.54, 1.807) is 0 Å². The third-order valence-corrected chi connectivity index (χ3v) is 2.10. The second-order valence-corrected chi connectivity index (χ2v) is 3.12. The van der Waals surface area contributed by atoms with Crippen LogP contribution in [0.5, 0.6) is 0 Å². The summed E-state index contributed by atoms with van der Waals surface area (Å²) < 4.78 is 37.3. The van der Waals surface area contributed by atoms with Gasteiger partial charge in [0.15, 0.2) is 5.82 Å². The SMILES string of the molecule is Nc1n[nH]c2cc(C(F)(F)F)cc(N=O)c12. The van der Waals surface area contributed by atoms with Crippen LogP contribution in [0.25, 0.3) is 10.9 Å². The molecule has 5 nitrogen and oxygen atoms in total. The highest BCUT2D eigenvalue weighted by Crippen LogP contribution is 2.37. The molecular formula is C8H5F3N4O. The molecule has 1 heterocycles. The Balaban J connectivity index is 2.80. The minimum Gasteiger partial charge on any atom is -0.382 e. The monoisotopic (exact) mass is 230 g/mol. The Labute approximate surface area is 86.4 Å². The third kappa shape index (κ3) is 1.47. The number of aromatic amines is 1. The molecule has 2 aromatic rings. The summed E-state index contributed by atoms with van der Waals surface area (Å²) in [7, 11) is 0. The van der Waals surface area contributed by atoms with Gasteiger partial charge in [-0.1, -0.05) is 0 Å². The Morgan fingerprint density at radius 1 is 1.38 bits per heavy atom. The van der Waals surface area contributed by atoms with E-state index in [0.29, 0.717) is 6.07 Å². The average Bonchev–Trinajstić information content (AvgIpc) is 2.58. The van der Waals surface area contributed by atoms with Crippen LogP contribution in [0.2, 0.25) is 0 Å². The highest BCUT2D eigenvalue weighted by Gasteiger charge is 2.32. The molecule has 16 heavy (non-hydrogen) atoms. The van der Waals surface area contributed by atoms with Gasteiger partial charge < -0.3 is 5.73 Å². The van der Waals surface area contributed by atoms with Crippen LogP contribution in [0.15, 0.2) is 17.3 Å². The number of halogens is 3. The number of nitrogens with zero attached hydrogens (tertiary/aromatic N) is 2. The molecule has 0 aliphatic rings. The Morgan fingerprint density at radius 3 is 2.62 bits per heavy atom. The lowest BCUT2D eigenvalue weighted by atomic mass is 10.1. The number of rotatable bonds is 1. The van der Waals surface area contributed by atoms with Crippen LogP contribution in [0.1, 0.15) is 5.56 Å². The lowest BCUT2D eigenvalue weighted by Crippen LogP contribution is -2.04. The fraction of sp³-hybridized carbons (Fsp3) is 0.125. The van der Waals surface area contributed by atoms with E-state index >= 15 is 0 Å². The molecule has 8 heteroatoms. The van der Waals surface area contributed by atoms with Crippen molar-refractivity contribution in [2.24, 2.45) is 5.18 Å². The Bertz CT molecular complexity index is 560. The van der Waals surface area contributed by atoms with E-state index < -0.39 is 11.7 Å². The molecule has 0 radical (unpaired) electrons. The van der Waals surface area contributed by atoms with Crippen molar-refractivity contribution in [2.45, 2.75) is 6.18 Å². The van der Waals surface area contributed by atoms with Crippen molar-refractivity contribution in [3.63, 3.8) is 0 Å². The number of fused-ring (bicyclic) bond motifs is 1. The summed E-state index contributed by atoms with van der Waals surface area (Å²) >= 11 is 0. The molecule has 0 aliphatic heterocycles. The van der Waals surface area contributed by atoms with Crippen LogP contribution < -0.4 is 5.73 Å². The number of nitroso groups, excluding NO2 is 1. The van der Waals surface area contributed by atoms with E-state index in [1.165, 1.54) is 0 Å². The number of hydrogen-bond acceptors (Lipinski definition) is 4. The molecule has 0 spiro atoms. The Morgan fingerprint density at radius 2 is 2.06 bits per heavy atom. The van der Waals surface area contributed by atoms with Crippen LogP contribution in [-0.2, 0) is 6.18 Å². The number of hydrogen-bond donors (Lipinski definition) is 2. The van der Waals surface area contributed by atoms with Gasteiger partial charge in [-0.25, -0.2) is 0 Å². The van der Waals surface area contributed by atoms with Crippen LogP contribution in [0, 0.1) is 4.91 Å². The first-order chi connectivity index (χ1) is 7.43. The van der Waals surface area contributed by atoms with Crippen molar-refractivity contribution in [1.82, 2.24) is 10.2 Å². The van der Waals surface area contributed by atoms with Gasteiger partial charge in [0, 0.05) is 0 Å². The fourth-order valence-corrected chi connectivity index (χ4v) is 1.40. The highest BCUT2D eigenvalue weighted by molar-refractivity contribution is 5.98. The maximum atomic E-state index is 12.4. The van der Waals surface area contributed by atoms with Gasteiger partial charge in [-0.3, -0.25) is 5.10 Å². The predicted octanol–water partition coefficient (Wildman–Crippen LogP) is 2.56. The summed E-state index contributed by atoms with van der Waals surface area (Å²) in [5.74, 6) is -0.0571. The largest absolute Gasteiger partial charge is 0.416 e. The van der Waals surface area contributed by atoms with Gasteiger partial charge in [-0.15, -0.1) is 4.91 Å². The minimum atomic E-state index is -4.55.